The Morgan fingerprint density at radius 1 is 1.23 bits per heavy atom. The molecule has 0 aromatic carbocycles. The lowest BCUT2D eigenvalue weighted by atomic mass is 10.0. The van der Waals surface area contributed by atoms with Crippen molar-refractivity contribution in [3.63, 3.8) is 0 Å². The highest BCUT2D eigenvalue weighted by Crippen LogP contribution is 2.17. The molecule has 0 saturated carbocycles. The smallest absolute Gasteiger partial charge is 0.334 e. The molecular weight excluding hydrogens is 360 g/mol. The molecule has 0 amide bonds. The summed E-state index contributed by atoms with van der Waals surface area (Å²) in [6.07, 6.45) is 4.86. The normalized spacial score (nSPS) is 14.7. The van der Waals surface area contributed by atoms with Crippen LogP contribution in [0.3, 0.4) is 0 Å². The summed E-state index contributed by atoms with van der Waals surface area (Å²) in [5.41, 5.74) is -1.33. The highest BCUT2D eigenvalue weighted by Gasteiger charge is 2.33. The van der Waals surface area contributed by atoms with Gasteiger partial charge in [0.2, 0.25) is 6.79 Å². The Labute approximate surface area is 158 Å². The van der Waals surface area contributed by atoms with Crippen LogP contribution in [0, 0.1) is 5.92 Å². The summed E-state index contributed by atoms with van der Waals surface area (Å²) in [5, 5.41) is 0. The molecule has 0 aliphatic rings. The van der Waals surface area contributed by atoms with Crippen molar-refractivity contribution in [2.75, 3.05) is 18.8 Å². The monoisotopic (exact) mass is 388 g/mol. The van der Waals surface area contributed by atoms with Gasteiger partial charge in [-0.25, -0.2) is 4.79 Å². The van der Waals surface area contributed by atoms with Crippen molar-refractivity contribution < 1.29 is 33.4 Å². The third kappa shape index (κ3) is 9.03. The number of hydrogen-bond donors (Lipinski definition) is 0. The van der Waals surface area contributed by atoms with Crippen molar-refractivity contribution >= 4 is 36.0 Å². The van der Waals surface area contributed by atoms with E-state index in [1.807, 2.05) is 13.2 Å². The molecule has 2 atom stereocenters. The van der Waals surface area contributed by atoms with E-state index in [0.29, 0.717) is 24.0 Å². The molecule has 26 heavy (non-hydrogen) atoms. The van der Waals surface area contributed by atoms with E-state index in [9.17, 15) is 19.2 Å². The maximum atomic E-state index is 11.9. The molecule has 0 spiro atoms. The summed E-state index contributed by atoms with van der Waals surface area (Å²) in [7, 11) is 0. The molecule has 0 radical (unpaired) electrons. The Hall–Kier alpha value is -1.83. The standard InChI is InChI=1S/C18H28O7S/c1-6-8-14(10-26-5)17(22)24-12-23-15(20)9-18(4,11-19)25-16(21)13(3)7-2/h7,11,14H,6,8-10,12H2,1-5H3/b13-7+. The van der Waals surface area contributed by atoms with Gasteiger partial charge in [-0.15, -0.1) is 0 Å². The second-order valence-electron chi connectivity index (χ2n) is 6.01. The minimum absolute atomic E-state index is 0.251. The van der Waals surface area contributed by atoms with E-state index in [2.05, 4.69) is 0 Å². The second kappa shape index (κ2) is 12.5. The Morgan fingerprint density at radius 2 is 1.88 bits per heavy atom. The molecule has 0 bridgehead atoms. The van der Waals surface area contributed by atoms with Crippen molar-refractivity contribution in [2.24, 2.45) is 5.92 Å². The lowest BCUT2D eigenvalue weighted by Gasteiger charge is -2.22. The highest BCUT2D eigenvalue weighted by molar-refractivity contribution is 7.98. The molecule has 0 fully saturated rings. The van der Waals surface area contributed by atoms with Crippen molar-refractivity contribution in [3.05, 3.63) is 11.6 Å². The molecule has 0 aromatic rings. The topological polar surface area (TPSA) is 96.0 Å². The molecule has 0 saturated heterocycles. The molecule has 0 aliphatic heterocycles. The van der Waals surface area contributed by atoms with Gasteiger partial charge >= 0.3 is 17.9 Å². The van der Waals surface area contributed by atoms with Gasteiger partial charge < -0.3 is 14.2 Å². The number of hydrogen-bond acceptors (Lipinski definition) is 8. The summed E-state index contributed by atoms with van der Waals surface area (Å²) < 4.78 is 14.8. The predicted molar refractivity (Wildman–Crippen MR) is 98.4 cm³/mol. The van der Waals surface area contributed by atoms with Gasteiger partial charge in [-0.2, -0.15) is 11.8 Å². The van der Waals surface area contributed by atoms with Gasteiger partial charge in [0.1, 0.15) is 0 Å². The van der Waals surface area contributed by atoms with Crippen LogP contribution in [0.5, 0.6) is 0 Å². The van der Waals surface area contributed by atoms with Crippen LogP contribution in [-0.2, 0) is 33.4 Å². The molecule has 0 aromatic heterocycles. The van der Waals surface area contributed by atoms with E-state index in [0.717, 1.165) is 6.42 Å². The molecule has 0 rings (SSSR count). The zero-order chi connectivity index (χ0) is 20.2. The minimum atomic E-state index is -1.65. The van der Waals surface area contributed by atoms with E-state index in [4.69, 9.17) is 14.2 Å². The number of carbonyl (C=O) groups excluding carboxylic acids is 4. The molecule has 7 nitrogen and oxygen atoms in total. The van der Waals surface area contributed by atoms with E-state index in [1.165, 1.54) is 31.7 Å². The van der Waals surface area contributed by atoms with E-state index in [1.54, 1.807) is 6.92 Å². The number of rotatable bonds is 12. The Morgan fingerprint density at radius 3 is 2.38 bits per heavy atom. The maximum absolute atomic E-state index is 11.9. The Kier molecular flexibility index (Phi) is 11.6. The van der Waals surface area contributed by atoms with Gasteiger partial charge in [0.25, 0.3) is 0 Å². The molecule has 0 aliphatic carbocycles. The van der Waals surface area contributed by atoms with Crippen LogP contribution in [0.25, 0.3) is 0 Å². The number of esters is 3. The summed E-state index contributed by atoms with van der Waals surface area (Å²) in [6.45, 7) is 5.93. The van der Waals surface area contributed by atoms with Crippen LogP contribution in [0.1, 0.15) is 47.0 Å². The van der Waals surface area contributed by atoms with E-state index in [-0.39, 0.29) is 5.92 Å². The number of carbonyl (C=O) groups is 4. The minimum Gasteiger partial charge on any atom is -0.448 e. The molecular formula is C18H28O7S. The third-order valence-corrected chi connectivity index (χ3v) is 4.32. The van der Waals surface area contributed by atoms with Gasteiger partial charge in [0.05, 0.1) is 12.3 Å². The fraction of sp³-hybridized carbons (Fsp3) is 0.667. The molecule has 148 valence electrons. The van der Waals surface area contributed by atoms with Crippen LogP contribution in [-0.4, -0.2) is 48.6 Å². The fourth-order valence-corrected chi connectivity index (χ4v) is 2.64. The zero-order valence-corrected chi connectivity index (χ0v) is 16.9. The summed E-state index contributed by atoms with van der Waals surface area (Å²) in [5.74, 6) is -1.55. The Balaban J connectivity index is 4.52. The van der Waals surface area contributed by atoms with Crippen LogP contribution in [0.2, 0.25) is 0 Å². The van der Waals surface area contributed by atoms with E-state index < -0.39 is 36.7 Å². The summed E-state index contributed by atoms with van der Waals surface area (Å²) >= 11 is 1.54. The van der Waals surface area contributed by atoms with Crippen molar-refractivity contribution in [2.45, 2.75) is 52.6 Å². The highest BCUT2D eigenvalue weighted by atomic mass is 32.2. The molecule has 2 unspecified atom stereocenters. The van der Waals surface area contributed by atoms with E-state index >= 15 is 0 Å². The van der Waals surface area contributed by atoms with Gasteiger partial charge in [-0.3, -0.25) is 14.4 Å². The summed E-state index contributed by atoms with van der Waals surface area (Å²) in [6, 6.07) is 0. The summed E-state index contributed by atoms with van der Waals surface area (Å²) in [4.78, 5) is 46.8. The zero-order valence-electron chi connectivity index (χ0n) is 16.0. The largest absolute Gasteiger partial charge is 0.448 e. The Bertz CT molecular complexity index is 524. The average Bonchev–Trinajstić information content (AvgIpc) is 2.60. The van der Waals surface area contributed by atoms with Crippen LogP contribution in [0.15, 0.2) is 11.6 Å². The molecule has 0 heterocycles. The van der Waals surface area contributed by atoms with Crippen LogP contribution < -0.4 is 0 Å². The SMILES string of the molecule is C/C=C(\C)C(=O)OC(C)(C=O)CC(=O)OCOC(=O)C(CCC)CSC. The van der Waals surface area contributed by atoms with Crippen molar-refractivity contribution in [1.82, 2.24) is 0 Å². The predicted octanol–water partition coefficient (Wildman–Crippen LogP) is 2.67. The quantitative estimate of drug-likeness (QED) is 0.218. The first-order valence-electron chi connectivity index (χ1n) is 8.36. The van der Waals surface area contributed by atoms with Crippen LogP contribution >= 0.6 is 11.8 Å². The van der Waals surface area contributed by atoms with Gasteiger partial charge in [0, 0.05) is 11.3 Å². The number of ether oxygens (including phenoxy) is 3. The number of thioether (sulfide) groups is 1. The molecule has 8 heteroatoms. The van der Waals surface area contributed by atoms with Crippen LogP contribution in [0.4, 0.5) is 0 Å². The van der Waals surface area contributed by atoms with Gasteiger partial charge in [-0.05, 0) is 33.4 Å². The third-order valence-electron chi connectivity index (χ3n) is 3.58. The molecule has 0 N–H and O–H groups in total. The lowest BCUT2D eigenvalue weighted by Crippen LogP contribution is -2.37. The van der Waals surface area contributed by atoms with Crippen molar-refractivity contribution in [1.29, 1.82) is 0 Å². The number of aldehydes is 1. The maximum Gasteiger partial charge on any atom is 0.334 e. The van der Waals surface area contributed by atoms with Gasteiger partial charge in [-0.1, -0.05) is 19.4 Å². The first kappa shape index (κ1) is 24.2. The first-order valence-corrected chi connectivity index (χ1v) is 9.76. The van der Waals surface area contributed by atoms with Crippen molar-refractivity contribution in [3.8, 4) is 0 Å². The lowest BCUT2D eigenvalue weighted by molar-refractivity contribution is -0.175. The number of allylic oxidation sites excluding steroid dienone is 1. The average molecular weight is 388 g/mol. The van der Waals surface area contributed by atoms with Gasteiger partial charge in [0.15, 0.2) is 11.9 Å². The first-order chi connectivity index (χ1) is 12.2. The second-order valence-corrected chi connectivity index (χ2v) is 6.92. The fourth-order valence-electron chi connectivity index (χ4n) is 1.94.